The van der Waals surface area contributed by atoms with Gasteiger partial charge < -0.3 is 15.1 Å². The van der Waals surface area contributed by atoms with Gasteiger partial charge in [-0.15, -0.1) is 0 Å². The fraction of sp³-hybridized carbons (Fsp3) is 0.400. The van der Waals surface area contributed by atoms with Gasteiger partial charge in [0.05, 0.1) is 12.3 Å². The second-order valence-electron chi connectivity index (χ2n) is 6.60. The van der Waals surface area contributed by atoms with Gasteiger partial charge in [0, 0.05) is 24.7 Å². The van der Waals surface area contributed by atoms with Crippen molar-refractivity contribution in [3.05, 3.63) is 54.0 Å². The highest BCUT2D eigenvalue weighted by Crippen LogP contribution is 2.24. The molecule has 0 radical (unpaired) electrons. The van der Waals surface area contributed by atoms with Gasteiger partial charge in [-0.25, -0.2) is 0 Å². The smallest absolute Gasteiger partial charge is 0.251 e. The Morgan fingerprint density at radius 2 is 1.85 bits per heavy atom. The van der Waals surface area contributed by atoms with Crippen LogP contribution in [0, 0.1) is 0 Å². The van der Waals surface area contributed by atoms with Crippen LogP contribution in [-0.2, 0) is 4.79 Å². The Morgan fingerprint density at radius 1 is 1.12 bits per heavy atom. The predicted octanol–water partition coefficient (Wildman–Crippen LogP) is 3.20. The number of benzene rings is 1. The lowest BCUT2D eigenvalue weighted by Crippen LogP contribution is -2.40. The Kier molecular flexibility index (Phi) is 6.07. The number of hydrogen-bond donors (Lipinski definition) is 2. The molecule has 1 aliphatic rings. The number of hydrogen-bond acceptors (Lipinski definition) is 4. The molecule has 0 saturated carbocycles. The van der Waals surface area contributed by atoms with Crippen LogP contribution >= 0.6 is 0 Å². The summed E-state index contributed by atoms with van der Waals surface area (Å²) in [7, 11) is 0. The molecule has 1 aromatic heterocycles. The number of rotatable bonds is 6. The lowest BCUT2D eigenvalue weighted by atomic mass is 10.1. The van der Waals surface area contributed by atoms with E-state index < -0.39 is 0 Å². The summed E-state index contributed by atoms with van der Waals surface area (Å²) in [5.41, 5.74) is 1.24. The SMILES string of the molecule is CC(=O)Nc1ccc(C(=O)NCC(c2ccco2)N2CCCCC2)cc1. The zero-order chi connectivity index (χ0) is 18.4. The molecule has 2 heterocycles. The largest absolute Gasteiger partial charge is 0.468 e. The van der Waals surface area contributed by atoms with E-state index in [0.29, 0.717) is 17.8 Å². The van der Waals surface area contributed by atoms with E-state index in [1.165, 1.54) is 26.2 Å². The highest BCUT2D eigenvalue weighted by Gasteiger charge is 2.25. The zero-order valence-corrected chi connectivity index (χ0v) is 15.0. The highest BCUT2D eigenvalue weighted by molar-refractivity contribution is 5.95. The summed E-state index contributed by atoms with van der Waals surface area (Å²) in [5.74, 6) is 0.617. The van der Waals surface area contributed by atoms with Crippen LogP contribution in [0.15, 0.2) is 47.1 Å². The standard InChI is InChI=1S/C20H25N3O3/c1-15(24)22-17-9-7-16(8-10-17)20(25)21-14-18(19-6-5-13-26-19)23-11-3-2-4-12-23/h5-10,13,18H,2-4,11-12,14H2,1H3,(H,21,25)(H,22,24). The molecule has 1 saturated heterocycles. The monoisotopic (exact) mass is 355 g/mol. The normalized spacial score (nSPS) is 16.0. The molecule has 2 N–H and O–H groups in total. The lowest BCUT2D eigenvalue weighted by molar-refractivity contribution is -0.114. The molecule has 1 unspecified atom stereocenters. The molecule has 2 aromatic rings. The van der Waals surface area contributed by atoms with E-state index in [9.17, 15) is 9.59 Å². The van der Waals surface area contributed by atoms with Crippen LogP contribution in [0.25, 0.3) is 0 Å². The third-order valence-electron chi connectivity index (χ3n) is 4.63. The fourth-order valence-corrected chi connectivity index (χ4v) is 3.32. The number of anilines is 1. The van der Waals surface area contributed by atoms with E-state index in [4.69, 9.17) is 4.42 Å². The highest BCUT2D eigenvalue weighted by atomic mass is 16.3. The minimum absolute atomic E-state index is 0.0490. The van der Waals surface area contributed by atoms with Crippen molar-refractivity contribution in [1.29, 1.82) is 0 Å². The quantitative estimate of drug-likeness (QED) is 0.834. The second kappa shape index (κ2) is 8.67. The average molecular weight is 355 g/mol. The first kappa shape index (κ1) is 18.2. The van der Waals surface area contributed by atoms with E-state index >= 15 is 0 Å². The number of nitrogens with one attached hydrogen (secondary N) is 2. The second-order valence-corrected chi connectivity index (χ2v) is 6.60. The van der Waals surface area contributed by atoms with Crippen molar-refractivity contribution in [2.24, 2.45) is 0 Å². The van der Waals surface area contributed by atoms with Crippen molar-refractivity contribution in [3.63, 3.8) is 0 Å². The molecule has 138 valence electrons. The zero-order valence-electron chi connectivity index (χ0n) is 15.0. The van der Waals surface area contributed by atoms with E-state index in [2.05, 4.69) is 15.5 Å². The van der Waals surface area contributed by atoms with Crippen LogP contribution < -0.4 is 10.6 Å². The van der Waals surface area contributed by atoms with E-state index in [-0.39, 0.29) is 17.9 Å². The van der Waals surface area contributed by atoms with Crippen molar-refractivity contribution in [2.45, 2.75) is 32.2 Å². The van der Waals surface area contributed by atoms with E-state index in [0.717, 1.165) is 18.8 Å². The molecule has 0 bridgehead atoms. The maximum atomic E-state index is 12.5. The number of likely N-dealkylation sites (tertiary alicyclic amines) is 1. The number of furan rings is 1. The van der Waals surface area contributed by atoms with Gasteiger partial charge in [-0.05, 0) is 62.3 Å². The first-order chi connectivity index (χ1) is 12.6. The van der Waals surface area contributed by atoms with Crippen molar-refractivity contribution in [2.75, 3.05) is 25.0 Å². The Hall–Kier alpha value is -2.60. The first-order valence-corrected chi connectivity index (χ1v) is 9.07. The lowest BCUT2D eigenvalue weighted by Gasteiger charge is -2.33. The Morgan fingerprint density at radius 3 is 2.46 bits per heavy atom. The Balaban J connectivity index is 1.62. The summed E-state index contributed by atoms with van der Waals surface area (Å²) in [5, 5.41) is 5.71. The molecular formula is C20H25N3O3. The molecule has 6 heteroatoms. The minimum atomic E-state index is -0.134. The van der Waals surface area contributed by atoms with Crippen molar-refractivity contribution < 1.29 is 14.0 Å². The summed E-state index contributed by atoms with van der Waals surface area (Å²) in [6, 6.07) is 10.8. The van der Waals surface area contributed by atoms with Gasteiger partial charge in [-0.1, -0.05) is 6.42 Å². The predicted molar refractivity (Wildman–Crippen MR) is 100.0 cm³/mol. The maximum Gasteiger partial charge on any atom is 0.251 e. The Labute approximate surface area is 153 Å². The van der Waals surface area contributed by atoms with Gasteiger partial charge in [0.2, 0.25) is 5.91 Å². The molecule has 0 spiro atoms. The molecule has 1 atom stereocenters. The summed E-state index contributed by atoms with van der Waals surface area (Å²) in [4.78, 5) is 25.9. The first-order valence-electron chi connectivity index (χ1n) is 9.07. The van der Waals surface area contributed by atoms with Crippen LogP contribution in [-0.4, -0.2) is 36.3 Å². The summed E-state index contributed by atoms with van der Waals surface area (Å²) in [6.07, 6.45) is 5.29. The van der Waals surface area contributed by atoms with Gasteiger partial charge in [-0.3, -0.25) is 14.5 Å². The third kappa shape index (κ3) is 4.73. The van der Waals surface area contributed by atoms with Gasteiger partial charge in [0.1, 0.15) is 5.76 Å². The number of piperidine rings is 1. The average Bonchev–Trinajstić information content (AvgIpc) is 3.17. The molecule has 26 heavy (non-hydrogen) atoms. The fourth-order valence-electron chi connectivity index (χ4n) is 3.32. The molecular weight excluding hydrogens is 330 g/mol. The summed E-state index contributed by atoms with van der Waals surface area (Å²) < 4.78 is 5.61. The van der Waals surface area contributed by atoms with Crippen molar-refractivity contribution >= 4 is 17.5 Å². The summed E-state index contributed by atoms with van der Waals surface area (Å²) >= 11 is 0. The Bertz CT molecular complexity index is 719. The molecule has 1 fully saturated rings. The van der Waals surface area contributed by atoms with Crippen LogP contribution in [0.1, 0.15) is 48.3 Å². The molecule has 2 amide bonds. The molecule has 0 aliphatic carbocycles. The van der Waals surface area contributed by atoms with Crippen LogP contribution in [0.3, 0.4) is 0 Å². The topological polar surface area (TPSA) is 74.6 Å². The number of amides is 2. The van der Waals surface area contributed by atoms with Crippen molar-refractivity contribution in [3.8, 4) is 0 Å². The maximum absolute atomic E-state index is 12.5. The van der Waals surface area contributed by atoms with E-state index in [1.807, 2.05) is 12.1 Å². The molecule has 3 rings (SSSR count). The molecule has 6 nitrogen and oxygen atoms in total. The van der Waals surface area contributed by atoms with E-state index in [1.54, 1.807) is 30.5 Å². The van der Waals surface area contributed by atoms with Crippen LogP contribution in [0.4, 0.5) is 5.69 Å². The van der Waals surface area contributed by atoms with Gasteiger partial charge in [0.25, 0.3) is 5.91 Å². The summed E-state index contributed by atoms with van der Waals surface area (Å²) in [6.45, 7) is 4.00. The third-order valence-corrected chi connectivity index (χ3v) is 4.63. The number of carbonyl (C=O) groups is 2. The van der Waals surface area contributed by atoms with Crippen LogP contribution in [0.2, 0.25) is 0 Å². The van der Waals surface area contributed by atoms with Gasteiger partial charge >= 0.3 is 0 Å². The molecule has 1 aliphatic heterocycles. The number of nitrogens with zero attached hydrogens (tertiary/aromatic N) is 1. The van der Waals surface area contributed by atoms with Gasteiger partial charge in [0.15, 0.2) is 0 Å². The molecule has 1 aromatic carbocycles. The van der Waals surface area contributed by atoms with Crippen LogP contribution in [0.5, 0.6) is 0 Å². The number of carbonyl (C=O) groups excluding carboxylic acids is 2. The van der Waals surface area contributed by atoms with Crippen molar-refractivity contribution in [1.82, 2.24) is 10.2 Å². The van der Waals surface area contributed by atoms with Gasteiger partial charge in [-0.2, -0.15) is 0 Å². The minimum Gasteiger partial charge on any atom is -0.468 e.